The molecule has 0 bridgehead atoms. The van der Waals surface area contributed by atoms with E-state index < -0.39 is 0 Å². The monoisotopic (exact) mass is 286 g/mol. The molecule has 1 aliphatic carbocycles. The highest BCUT2D eigenvalue weighted by atomic mass is 127. The molecule has 2 rings (SSSR count). The van der Waals surface area contributed by atoms with Gasteiger partial charge in [-0.25, -0.2) is 0 Å². The highest BCUT2D eigenvalue weighted by Gasteiger charge is 2.25. The van der Waals surface area contributed by atoms with Crippen molar-refractivity contribution in [3.05, 3.63) is 33.4 Å². The summed E-state index contributed by atoms with van der Waals surface area (Å²) in [5, 5.41) is 0. The largest absolute Gasteiger partial charge is 0.294 e. The Kier molecular flexibility index (Phi) is 2.67. The fourth-order valence-corrected chi connectivity index (χ4v) is 2.07. The minimum atomic E-state index is 0.313. The molecule has 0 aliphatic heterocycles. The molecule has 0 saturated heterocycles. The molecule has 1 nitrogen and oxygen atoms in total. The van der Waals surface area contributed by atoms with Crippen LogP contribution in [0.15, 0.2) is 24.3 Å². The predicted molar refractivity (Wildman–Crippen MR) is 60.8 cm³/mol. The van der Waals surface area contributed by atoms with Crippen molar-refractivity contribution in [3.8, 4) is 0 Å². The molecule has 1 aromatic rings. The summed E-state index contributed by atoms with van der Waals surface area (Å²) < 4.78 is 1.07. The van der Waals surface area contributed by atoms with Gasteiger partial charge in [0.2, 0.25) is 0 Å². The second-order valence-electron chi connectivity index (χ2n) is 3.55. The molecular weight excluding hydrogens is 275 g/mol. The van der Waals surface area contributed by atoms with E-state index in [1.54, 1.807) is 0 Å². The molecule has 0 spiro atoms. The maximum Gasteiger partial charge on any atom is 0.164 e. The Morgan fingerprint density at radius 2 is 2.08 bits per heavy atom. The van der Waals surface area contributed by atoms with E-state index in [4.69, 9.17) is 0 Å². The number of rotatable bonds is 3. The lowest BCUT2D eigenvalue weighted by atomic mass is 10.1. The first kappa shape index (κ1) is 9.19. The lowest BCUT2D eigenvalue weighted by Crippen LogP contribution is -2.02. The Bertz CT molecular complexity index is 329. The highest BCUT2D eigenvalue weighted by molar-refractivity contribution is 14.1. The first-order valence-corrected chi connectivity index (χ1v) is 5.63. The van der Waals surface area contributed by atoms with E-state index in [0.29, 0.717) is 11.7 Å². The van der Waals surface area contributed by atoms with Gasteiger partial charge in [-0.15, -0.1) is 0 Å². The minimum Gasteiger partial charge on any atom is -0.294 e. The van der Waals surface area contributed by atoms with E-state index in [2.05, 4.69) is 22.6 Å². The normalized spacial score (nSPS) is 15.8. The second kappa shape index (κ2) is 3.78. The number of carbonyl (C=O) groups is 1. The number of benzene rings is 1. The van der Waals surface area contributed by atoms with Gasteiger partial charge >= 0.3 is 0 Å². The molecule has 2 heteroatoms. The molecule has 68 valence electrons. The fourth-order valence-electron chi connectivity index (χ4n) is 1.38. The van der Waals surface area contributed by atoms with Crippen LogP contribution in [0.4, 0.5) is 0 Å². The summed E-state index contributed by atoms with van der Waals surface area (Å²) >= 11 is 2.22. The Hall–Kier alpha value is -0.380. The number of ketones is 1. The summed E-state index contributed by atoms with van der Waals surface area (Å²) in [5.41, 5.74) is 0.898. The van der Waals surface area contributed by atoms with Crippen molar-refractivity contribution in [2.45, 2.75) is 19.3 Å². The van der Waals surface area contributed by atoms with Crippen LogP contribution in [0.2, 0.25) is 0 Å². The maximum absolute atomic E-state index is 11.7. The molecule has 13 heavy (non-hydrogen) atoms. The van der Waals surface area contributed by atoms with Gasteiger partial charge in [0, 0.05) is 15.6 Å². The molecule has 0 N–H and O–H groups in total. The fraction of sp³-hybridized carbons (Fsp3) is 0.364. The van der Waals surface area contributed by atoms with E-state index in [1.165, 1.54) is 12.8 Å². The summed E-state index contributed by atoms with van der Waals surface area (Å²) in [5.74, 6) is 0.996. The van der Waals surface area contributed by atoms with Gasteiger partial charge in [-0.2, -0.15) is 0 Å². The number of Topliss-reactive ketones (excluding diaryl/α,β-unsaturated/α-hetero) is 1. The average molecular weight is 286 g/mol. The van der Waals surface area contributed by atoms with E-state index in [1.807, 2.05) is 24.3 Å². The molecule has 0 amide bonds. The molecule has 0 aromatic heterocycles. The van der Waals surface area contributed by atoms with Crippen molar-refractivity contribution in [1.29, 1.82) is 0 Å². The lowest BCUT2D eigenvalue weighted by Gasteiger charge is -2.01. The molecule has 0 heterocycles. The van der Waals surface area contributed by atoms with Crippen molar-refractivity contribution in [2.24, 2.45) is 5.92 Å². The van der Waals surface area contributed by atoms with Crippen molar-refractivity contribution in [3.63, 3.8) is 0 Å². The summed E-state index contributed by atoms with van der Waals surface area (Å²) in [6.45, 7) is 0. The third kappa shape index (κ3) is 2.30. The maximum atomic E-state index is 11.7. The smallest absolute Gasteiger partial charge is 0.164 e. The molecular formula is C11H11IO. The van der Waals surface area contributed by atoms with Crippen LogP contribution in [0.25, 0.3) is 0 Å². The molecule has 1 aromatic carbocycles. The molecule has 1 saturated carbocycles. The SMILES string of the molecule is O=C(CC1CC1)c1ccccc1I. The zero-order valence-corrected chi connectivity index (χ0v) is 9.45. The zero-order chi connectivity index (χ0) is 9.26. The first-order valence-electron chi connectivity index (χ1n) is 4.55. The minimum absolute atomic E-state index is 0.313. The summed E-state index contributed by atoms with van der Waals surface area (Å²) in [7, 11) is 0. The van der Waals surface area contributed by atoms with Gasteiger partial charge in [0.1, 0.15) is 0 Å². The summed E-state index contributed by atoms with van der Waals surface area (Å²) in [6, 6.07) is 7.81. The average Bonchev–Trinajstić information content (AvgIpc) is 2.89. The van der Waals surface area contributed by atoms with Crippen LogP contribution in [0, 0.1) is 9.49 Å². The van der Waals surface area contributed by atoms with Crippen LogP contribution in [-0.2, 0) is 0 Å². The van der Waals surface area contributed by atoms with Gasteiger partial charge in [0.05, 0.1) is 0 Å². The zero-order valence-electron chi connectivity index (χ0n) is 7.29. The van der Waals surface area contributed by atoms with Gasteiger partial charge in [0.25, 0.3) is 0 Å². The molecule has 1 aliphatic rings. The van der Waals surface area contributed by atoms with E-state index in [0.717, 1.165) is 15.6 Å². The van der Waals surface area contributed by atoms with Gasteiger partial charge in [-0.3, -0.25) is 4.79 Å². The molecule has 0 radical (unpaired) electrons. The van der Waals surface area contributed by atoms with Crippen LogP contribution < -0.4 is 0 Å². The Morgan fingerprint density at radius 3 is 2.69 bits per heavy atom. The third-order valence-electron chi connectivity index (χ3n) is 2.35. The topological polar surface area (TPSA) is 17.1 Å². The van der Waals surface area contributed by atoms with E-state index in [9.17, 15) is 4.79 Å². The van der Waals surface area contributed by atoms with E-state index in [-0.39, 0.29) is 0 Å². The lowest BCUT2D eigenvalue weighted by molar-refractivity contribution is 0.0975. The number of hydrogen-bond acceptors (Lipinski definition) is 1. The van der Waals surface area contributed by atoms with Crippen LogP contribution in [0.3, 0.4) is 0 Å². The van der Waals surface area contributed by atoms with Gasteiger partial charge in [-0.1, -0.05) is 18.2 Å². The Morgan fingerprint density at radius 1 is 1.38 bits per heavy atom. The van der Waals surface area contributed by atoms with E-state index >= 15 is 0 Å². The number of carbonyl (C=O) groups excluding carboxylic acids is 1. The Balaban J connectivity index is 2.13. The van der Waals surface area contributed by atoms with Gasteiger partial charge < -0.3 is 0 Å². The number of halogens is 1. The van der Waals surface area contributed by atoms with Gasteiger partial charge in [0.15, 0.2) is 5.78 Å². The van der Waals surface area contributed by atoms with Crippen molar-refractivity contribution < 1.29 is 4.79 Å². The summed E-state index contributed by atoms with van der Waals surface area (Å²) in [4.78, 5) is 11.7. The third-order valence-corrected chi connectivity index (χ3v) is 3.29. The Labute approximate surface area is 91.7 Å². The van der Waals surface area contributed by atoms with Crippen molar-refractivity contribution >= 4 is 28.4 Å². The second-order valence-corrected chi connectivity index (χ2v) is 4.71. The van der Waals surface area contributed by atoms with Crippen molar-refractivity contribution in [1.82, 2.24) is 0 Å². The first-order chi connectivity index (χ1) is 6.27. The van der Waals surface area contributed by atoms with Crippen LogP contribution in [0.1, 0.15) is 29.6 Å². The molecule has 0 unspecified atom stereocenters. The molecule has 1 fully saturated rings. The highest BCUT2D eigenvalue weighted by Crippen LogP contribution is 2.33. The van der Waals surface area contributed by atoms with Crippen LogP contribution >= 0.6 is 22.6 Å². The summed E-state index contributed by atoms with van der Waals surface area (Å²) in [6.07, 6.45) is 3.24. The quantitative estimate of drug-likeness (QED) is 0.615. The molecule has 0 atom stereocenters. The number of hydrogen-bond donors (Lipinski definition) is 0. The predicted octanol–water partition coefficient (Wildman–Crippen LogP) is 3.27. The van der Waals surface area contributed by atoms with Crippen LogP contribution in [0.5, 0.6) is 0 Å². The van der Waals surface area contributed by atoms with Crippen molar-refractivity contribution in [2.75, 3.05) is 0 Å². The van der Waals surface area contributed by atoms with Gasteiger partial charge in [-0.05, 0) is 47.4 Å². The van der Waals surface area contributed by atoms with Crippen LogP contribution in [-0.4, -0.2) is 5.78 Å². The standard InChI is InChI=1S/C11H11IO/c12-10-4-2-1-3-9(10)11(13)7-8-5-6-8/h1-4,8H,5-7H2.